The maximum Gasteiger partial charge on any atom is 0.151 e. The van der Waals surface area contributed by atoms with E-state index in [2.05, 4.69) is 37.5 Å². The lowest BCUT2D eigenvalue weighted by Crippen LogP contribution is -2.09. The van der Waals surface area contributed by atoms with Gasteiger partial charge in [0.25, 0.3) is 0 Å². The number of fused-ring (bicyclic) bond motifs is 2. The van der Waals surface area contributed by atoms with Crippen LogP contribution in [0.2, 0.25) is 0 Å². The summed E-state index contributed by atoms with van der Waals surface area (Å²) in [6, 6.07) is 14.6. The minimum Gasteiger partial charge on any atom is -0.366 e. The lowest BCUT2D eigenvalue weighted by atomic mass is 10.0. The molecule has 2 aromatic carbocycles. The number of aromatic amines is 1. The average molecular weight is 384 g/mol. The lowest BCUT2D eigenvalue weighted by molar-refractivity contribution is 0.630. The third-order valence-electron chi connectivity index (χ3n) is 4.94. The summed E-state index contributed by atoms with van der Waals surface area (Å²) in [5, 5.41) is 7.84. The van der Waals surface area contributed by atoms with Gasteiger partial charge in [0.15, 0.2) is 5.65 Å². The SMILES string of the molecule is Bc1cnn2c(NCc3ccc4[nH]c(C)nc4c3)cc(-c3ccccc3F)nc12. The van der Waals surface area contributed by atoms with Crippen LogP contribution < -0.4 is 10.8 Å². The second-order valence-corrected chi connectivity index (χ2v) is 7.10. The Kier molecular flexibility index (Phi) is 4.05. The highest BCUT2D eigenvalue weighted by molar-refractivity contribution is 6.36. The maximum atomic E-state index is 14.3. The summed E-state index contributed by atoms with van der Waals surface area (Å²) in [7, 11) is 1.94. The standard InChI is InChI=1S/C21H18BFN6/c1-12-26-17-7-6-13(8-19(17)27-12)10-24-20-9-18(14-4-2-3-5-16(14)23)28-21-15(22)11-25-29(20)21/h2-9,11,24H,10,22H2,1H3,(H,26,27). The number of halogens is 1. The highest BCUT2D eigenvalue weighted by Crippen LogP contribution is 2.24. The second-order valence-electron chi connectivity index (χ2n) is 7.10. The Balaban J connectivity index is 1.53. The third-order valence-corrected chi connectivity index (χ3v) is 4.94. The van der Waals surface area contributed by atoms with E-state index in [0.29, 0.717) is 23.4 Å². The average Bonchev–Trinajstić information content (AvgIpc) is 3.28. The molecule has 5 aromatic rings. The third kappa shape index (κ3) is 3.12. The molecule has 6 nitrogen and oxygen atoms in total. The van der Waals surface area contributed by atoms with Gasteiger partial charge in [-0.3, -0.25) is 0 Å². The molecule has 0 atom stereocenters. The zero-order chi connectivity index (χ0) is 20.0. The fraction of sp³-hybridized carbons (Fsp3) is 0.0952. The highest BCUT2D eigenvalue weighted by atomic mass is 19.1. The van der Waals surface area contributed by atoms with Crippen molar-refractivity contribution >= 4 is 35.8 Å². The Morgan fingerprint density at radius 3 is 2.86 bits per heavy atom. The first kappa shape index (κ1) is 17.4. The minimum absolute atomic E-state index is 0.299. The van der Waals surface area contributed by atoms with Crippen LogP contribution >= 0.6 is 0 Å². The molecular weight excluding hydrogens is 366 g/mol. The summed E-state index contributed by atoms with van der Waals surface area (Å²) in [5.74, 6) is 1.34. The predicted octanol–water partition coefficient (Wildman–Crippen LogP) is 2.59. The predicted molar refractivity (Wildman–Crippen MR) is 115 cm³/mol. The quantitative estimate of drug-likeness (QED) is 0.468. The second kappa shape index (κ2) is 6.74. The Morgan fingerprint density at radius 1 is 1.14 bits per heavy atom. The van der Waals surface area contributed by atoms with Gasteiger partial charge in [-0.25, -0.2) is 14.4 Å². The van der Waals surface area contributed by atoms with Gasteiger partial charge >= 0.3 is 0 Å². The van der Waals surface area contributed by atoms with Crippen molar-refractivity contribution in [1.29, 1.82) is 0 Å². The molecule has 8 heteroatoms. The summed E-state index contributed by atoms with van der Waals surface area (Å²) in [5.41, 5.74) is 5.70. The molecule has 2 N–H and O–H groups in total. The first-order valence-electron chi connectivity index (χ1n) is 9.38. The van der Waals surface area contributed by atoms with Crippen molar-refractivity contribution in [3.05, 3.63) is 71.9 Å². The van der Waals surface area contributed by atoms with Crippen molar-refractivity contribution in [2.45, 2.75) is 13.5 Å². The lowest BCUT2D eigenvalue weighted by Gasteiger charge is -2.12. The number of anilines is 1. The molecule has 3 aromatic heterocycles. The van der Waals surface area contributed by atoms with Crippen molar-refractivity contribution in [3.8, 4) is 11.3 Å². The maximum absolute atomic E-state index is 14.3. The Labute approximate surface area is 167 Å². The van der Waals surface area contributed by atoms with Crippen LogP contribution in [0.25, 0.3) is 27.9 Å². The van der Waals surface area contributed by atoms with Crippen molar-refractivity contribution in [1.82, 2.24) is 24.6 Å². The number of rotatable bonds is 4. The van der Waals surface area contributed by atoms with Crippen molar-refractivity contribution in [2.75, 3.05) is 5.32 Å². The van der Waals surface area contributed by atoms with Crippen molar-refractivity contribution < 1.29 is 4.39 Å². The van der Waals surface area contributed by atoms with Crippen LogP contribution in [0, 0.1) is 12.7 Å². The monoisotopic (exact) mass is 384 g/mol. The molecule has 0 spiro atoms. The topological polar surface area (TPSA) is 70.9 Å². The largest absolute Gasteiger partial charge is 0.366 e. The number of nitrogens with one attached hydrogen (secondary N) is 2. The van der Waals surface area contributed by atoms with E-state index in [1.807, 2.05) is 33.0 Å². The molecular formula is C21H18BFN6. The smallest absolute Gasteiger partial charge is 0.151 e. The van der Waals surface area contributed by atoms with E-state index < -0.39 is 0 Å². The minimum atomic E-state index is -0.299. The van der Waals surface area contributed by atoms with E-state index in [1.165, 1.54) is 6.07 Å². The van der Waals surface area contributed by atoms with E-state index >= 15 is 0 Å². The molecule has 0 fully saturated rings. The molecule has 3 heterocycles. The van der Waals surface area contributed by atoms with Crippen LogP contribution in [0.4, 0.5) is 10.2 Å². The van der Waals surface area contributed by atoms with Crippen LogP contribution in [0.1, 0.15) is 11.4 Å². The molecule has 0 aliphatic carbocycles. The number of benzene rings is 2. The van der Waals surface area contributed by atoms with Gasteiger partial charge in [0.1, 0.15) is 25.3 Å². The Hall–Kier alpha value is -3.68. The molecule has 0 unspecified atom stereocenters. The number of imidazole rings is 1. The van der Waals surface area contributed by atoms with Crippen LogP contribution in [-0.2, 0) is 6.54 Å². The number of aromatic nitrogens is 5. The molecule has 5 rings (SSSR count). The van der Waals surface area contributed by atoms with Gasteiger partial charge in [-0.1, -0.05) is 18.2 Å². The van der Waals surface area contributed by atoms with Crippen LogP contribution in [0.3, 0.4) is 0 Å². The molecule has 0 bridgehead atoms. The molecule has 0 amide bonds. The fourth-order valence-electron chi connectivity index (χ4n) is 3.49. The summed E-state index contributed by atoms with van der Waals surface area (Å²) < 4.78 is 16.1. The first-order valence-corrected chi connectivity index (χ1v) is 9.38. The normalized spacial score (nSPS) is 11.4. The Morgan fingerprint density at radius 2 is 2.00 bits per heavy atom. The van der Waals surface area contributed by atoms with Crippen LogP contribution in [0.15, 0.2) is 54.7 Å². The van der Waals surface area contributed by atoms with E-state index in [4.69, 9.17) is 0 Å². The fourth-order valence-corrected chi connectivity index (χ4v) is 3.49. The van der Waals surface area contributed by atoms with Crippen LogP contribution in [0.5, 0.6) is 0 Å². The number of nitrogens with zero attached hydrogens (tertiary/aromatic N) is 4. The van der Waals surface area contributed by atoms with Crippen molar-refractivity contribution in [2.24, 2.45) is 0 Å². The van der Waals surface area contributed by atoms with Gasteiger partial charge < -0.3 is 10.3 Å². The molecule has 0 aliphatic heterocycles. The zero-order valence-corrected chi connectivity index (χ0v) is 16.1. The summed E-state index contributed by atoms with van der Waals surface area (Å²) >= 11 is 0. The molecule has 0 aliphatic rings. The van der Waals surface area contributed by atoms with Gasteiger partial charge in [-0.15, -0.1) is 0 Å². The first-order chi connectivity index (χ1) is 14.1. The van der Waals surface area contributed by atoms with Crippen molar-refractivity contribution in [3.63, 3.8) is 0 Å². The highest BCUT2D eigenvalue weighted by Gasteiger charge is 2.13. The van der Waals surface area contributed by atoms with E-state index in [0.717, 1.165) is 33.7 Å². The number of aryl methyl sites for hydroxylation is 1. The molecule has 0 radical (unpaired) electrons. The molecule has 142 valence electrons. The molecule has 0 saturated carbocycles. The summed E-state index contributed by atoms with van der Waals surface area (Å²) in [6.07, 6.45) is 1.76. The summed E-state index contributed by atoms with van der Waals surface area (Å²) in [4.78, 5) is 12.4. The van der Waals surface area contributed by atoms with E-state index in [9.17, 15) is 4.39 Å². The molecule has 0 saturated heterocycles. The van der Waals surface area contributed by atoms with Crippen LogP contribution in [-0.4, -0.2) is 32.4 Å². The Bertz CT molecular complexity index is 1360. The van der Waals surface area contributed by atoms with E-state index in [1.54, 1.807) is 22.8 Å². The van der Waals surface area contributed by atoms with E-state index in [-0.39, 0.29) is 5.82 Å². The van der Waals surface area contributed by atoms with Gasteiger partial charge in [-0.2, -0.15) is 9.61 Å². The number of hydrogen-bond acceptors (Lipinski definition) is 4. The zero-order valence-electron chi connectivity index (χ0n) is 16.1. The van der Waals surface area contributed by atoms with Gasteiger partial charge in [0, 0.05) is 24.4 Å². The number of H-pyrrole nitrogens is 1. The summed E-state index contributed by atoms with van der Waals surface area (Å²) in [6.45, 7) is 2.52. The van der Waals surface area contributed by atoms with Gasteiger partial charge in [-0.05, 0) is 42.2 Å². The molecule has 29 heavy (non-hydrogen) atoms. The van der Waals surface area contributed by atoms with Gasteiger partial charge in [0.05, 0.1) is 16.7 Å². The number of hydrogen-bond donors (Lipinski definition) is 2. The van der Waals surface area contributed by atoms with Gasteiger partial charge in [0.2, 0.25) is 0 Å².